The Morgan fingerprint density at radius 1 is 0.933 bits per heavy atom. The molecule has 148 valence electrons. The molecule has 2 amide bonds. The van der Waals surface area contributed by atoms with Gasteiger partial charge >= 0.3 is 0 Å². The van der Waals surface area contributed by atoms with Gasteiger partial charge in [-0.1, -0.05) is 54.6 Å². The third kappa shape index (κ3) is 4.12. The third-order valence-electron chi connectivity index (χ3n) is 4.61. The molecule has 0 radical (unpaired) electrons. The second kappa shape index (κ2) is 8.45. The largest absolute Gasteiger partial charge is 0.354 e. The number of amides is 2. The van der Waals surface area contributed by atoms with Gasteiger partial charge in [0.15, 0.2) is 0 Å². The molecule has 0 aliphatic heterocycles. The number of H-pyrrole nitrogens is 1. The quantitative estimate of drug-likeness (QED) is 0.341. The maximum absolute atomic E-state index is 12.5. The van der Waals surface area contributed by atoms with E-state index in [2.05, 4.69) is 20.8 Å². The molecule has 0 saturated carbocycles. The van der Waals surface area contributed by atoms with Gasteiger partial charge in [0, 0.05) is 34.6 Å². The van der Waals surface area contributed by atoms with Crippen LogP contribution in [0.2, 0.25) is 0 Å². The van der Waals surface area contributed by atoms with Crippen LogP contribution in [0.4, 0.5) is 5.69 Å². The summed E-state index contributed by atoms with van der Waals surface area (Å²) in [4.78, 5) is 27.1. The van der Waals surface area contributed by atoms with Crippen LogP contribution in [0, 0.1) is 0 Å². The number of anilines is 1. The smallest absolute Gasteiger partial charge is 0.271 e. The van der Waals surface area contributed by atoms with Crippen molar-refractivity contribution in [1.29, 1.82) is 0 Å². The Balaban J connectivity index is 1.60. The predicted octanol–water partition coefficient (Wildman–Crippen LogP) is 4.56. The highest BCUT2D eigenvalue weighted by Gasteiger charge is 2.11. The molecule has 4 rings (SSSR count). The van der Waals surface area contributed by atoms with E-state index in [0.29, 0.717) is 11.3 Å². The Morgan fingerprint density at radius 2 is 1.70 bits per heavy atom. The first kappa shape index (κ1) is 19.1. The molecule has 0 bridgehead atoms. The Bertz CT molecular complexity index is 1240. The van der Waals surface area contributed by atoms with Crippen molar-refractivity contribution < 1.29 is 9.59 Å². The minimum Gasteiger partial charge on any atom is -0.354 e. The van der Waals surface area contributed by atoms with Crippen LogP contribution in [-0.4, -0.2) is 23.0 Å². The first-order valence-electron chi connectivity index (χ1n) is 9.49. The number of nitrogens with zero attached hydrogens (tertiary/aromatic N) is 1. The van der Waals surface area contributed by atoms with Gasteiger partial charge in [-0.05, 0) is 29.8 Å². The highest BCUT2D eigenvalue weighted by molar-refractivity contribution is 6.06. The molecule has 1 heterocycles. The SMILES string of the molecule is CC(=O)Nc1cccc(C(=O)NN=Cc2c(-c3ccccc3)[nH]c3ccccc23)c1. The second-order valence-electron chi connectivity index (χ2n) is 6.79. The molecular weight excluding hydrogens is 376 g/mol. The molecule has 0 atom stereocenters. The van der Waals surface area contributed by atoms with Gasteiger partial charge in [0.25, 0.3) is 5.91 Å². The van der Waals surface area contributed by atoms with Gasteiger partial charge in [0.2, 0.25) is 5.91 Å². The van der Waals surface area contributed by atoms with Crippen molar-refractivity contribution in [2.75, 3.05) is 5.32 Å². The van der Waals surface area contributed by atoms with Gasteiger partial charge in [-0.3, -0.25) is 9.59 Å². The summed E-state index contributed by atoms with van der Waals surface area (Å²) in [6.07, 6.45) is 1.65. The fourth-order valence-corrected chi connectivity index (χ4v) is 3.29. The lowest BCUT2D eigenvalue weighted by Crippen LogP contribution is -2.18. The number of hydrogen-bond donors (Lipinski definition) is 3. The molecule has 0 spiro atoms. The summed E-state index contributed by atoms with van der Waals surface area (Å²) in [6, 6.07) is 24.6. The number of carbonyl (C=O) groups excluding carboxylic acids is 2. The average Bonchev–Trinajstić information content (AvgIpc) is 3.13. The molecule has 6 heteroatoms. The van der Waals surface area contributed by atoms with Gasteiger partial charge in [-0.2, -0.15) is 5.10 Å². The third-order valence-corrected chi connectivity index (χ3v) is 4.61. The summed E-state index contributed by atoms with van der Waals surface area (Å²) >= 11 is 0. The number of para-hydroxylation sites is 1. The predicted molar refractivity (Wildman–Crippen MR) is 120 cm³/mol. The molecule has 0 aliphatic rings. The lowest BCUT2D eigenvalue weighted by molar-refractivity contribution is -0.114. The van der Waals surface area contributed by atoms with Gasteiger partial charge in [0.05, 0.1) is 11.9 Å². The highest BCUT2D eigenvalue weighted by Crippen LogP contribution is 2.28. The zero-order valence-corrected chi connectivity index (χ0v) is 16.3. The van der Waals surface area contributed by atoms with E-state index in [4.69, 9.17) is 0 Å². The number of benzene rings is 3. The topological polar surface area (TPSA) is 86.3 Å². The van der Waals surface area contributed by atoms with Crippen LogP contribution in [0.15, 0.2) is 84.0 Å². The van der Waals surface area contributed by atoms with Crippen LogP contribution in [-0.2, 0) is 4.79 Å². The van der Waals surface area contributed by atoms with Crippen molar-refractivity contribution >= 4 is 34.6 Å². The van der Waals surface area contributed by atoms with Crippen LogP contribution in [0.3, 0.4) is 0 Å². The van der Waals surface area contributed by atoms with E-state index in [1.165, 1.54) is 6.92 Å². The van der Waals surface area contributed by atoms with Crippen LogP contribution < -0.4 is 10.7 Å². The first-order chi connectivity index (χ1) is 14.6. The van der Waals surface area contributed by atoms with E-state index in [9.17, 15) is 9.59 Å². The molecular formula is C24H20N4O2. The number of hydrogen-bond acceptors (Lipinski definition) is 3. The number of hydrazone groups is 1. The van der Waals surface area contributed by atoms with Crippen molar-refractivity contribution in [3.05, 3.63) is 90.0 Å². The Morgan fingerprint density at radius 3 is 2.50 bits per heavy atom. The van der Waals surface area contributed by atoms with Gasteiger partial charge in [-0.25, -0.2) is 5.43 Å². The van der Waals surface area contributed by atoms with Crippen LogP contribution in [0.25, 0.3) is 22.2 Å². The molecule has 3 N–H and O–H groups in total. The van der Waals surface area contributed by atoms with E-state index in [1.807, 2.05) is 54.6 Å². The van der Waals surface area contributed by atoms with E-state index in [0.717, 1.165) is 27.7 Å². The molecule has 30 heavy (non-hydrogen) atoms. The van der Waals surface area contributed by atoms with Crippen molar-refractivity contribution in [2.45, 2.75) is 6.92 Å². The van der Waals surface area contributed by atoms with E-state index >= 15 is 0 Å². The molecule has 0 saturated heterocycles. The average molecular weight is 396 g/mol. The Hall–Kier alpha value is -4.19. The van der Waals surface area contributed by atoms with Crippen molar-refractivity contribution in [2.24, 2.45) is 5.10 Å². The fraction of sp³-hybridized carbons (Fsp3) is 0.0417. The molecule has 0 aliphatic carbocycles. The molecule has 0 fully saturated rings. The maximum atomic E-state index is 12.5. The minimum absolute atomic E-state index is 0.196. The molecule has 6 nitrogen and oxygen atoms in total. The maximum Gasteiger partial charge on any atom is 0.271 e. The Labute approximate surface area is 173 Å². The summed E-state index contributed by atoms with van der Waals surface area (Å²) in [6.45, 7) is 1.42. The highest BCUT2D eigenvalue weighted by atomic mass is 16.2. The zero-order valence-electron chi connectivity index (χ0n) is 16.3. The number of nitrogens with one attached hydrogen (secondary N) is 3. The summed E-state index contributed by atoms with van der Waals surface area (Å²) in [5.74, 6) is -0.557. The molecule has 3 aromatic carbocycles. The molecule has 0 unspecified atom stereocenters. The fourth-order valence-electron chi connectivity index (χ4n) is 3.29. The van der Waals surface area contributed by atoms with Crippen molar-refractivity contribution in [3.63, 3.8) is 0 Å². The number of rotatable bonds is 5. The number of fused-ring (bicyclic) bond motifs is 1. The van der Waals surface area contributed by atoms with E-state index in [1.54, 1.807) is 30.5 Å². The van der Waals surface area contributed by atoms with Gasteiger partial charge in [0.1, 0.15) is 0 Å². The summed E-state index contributed by atoms with van der Waals surface area (Å²) in [7, 11) is 0. The van der Waals surface area contributed by atoms with Gasteiger partial charge in [-0.15, -0.1) is 0 Å². The standard InChI is InChI=1S/C24H20N4O2/c1-16(29)26-19-11-7-10-18(14-19)24(30)28-25-15-21-20-12-5-6-13-22(20)27-23(21)17-8-3-2-4-9-17/h2-15,27H,1H3,(H,26,29)(H,28,30). The van der Waals surface area contributed by atoms with Crippen LogP contribution in [0.1, 0.15) is 22.8 Å². The van der Waals surface area contributed by atoms with Crippen LogP contribution in [0.5, 0.6) is 0 Å². The summed E-state index contributed by atoms with van der Waals surface area (Å²) in [5.41, 5.74) is 7.38. The minimum atomic E-state index is -0.362. The number of aromatic amines is 1. The first-order valence-corrected chi connectivity index (χ1v) is 9.49. The number of carbonyl (C=O) groups is 2. The van der Waals surface area contributed by atoms with Crippen LogP contribution >= 0.6 is 0 Å². The normalized spacial score (nSPS) is 11.0. The second-order valence-corrected chi connectivity index (χ2v) is 6.79. The molecule has 4 aromatic rings. The van der Waals surface area contributed by atoms with E-state index in [-0.39, 0.29) is 11.8 Å². The zero-order chi connectivity index (χ0) is 20.9. The summed E-state index contributed by atoms with van der Waals surface area (Å²) < 4.78 is 0. The lowest BCUT2D eigenvalue weighted by atomic mass is 10.1. The van der Waals surface area contributed by atoms with E-state index < -0.39 is 0 Å². The number of aromatic nitrogens is 1. The monoisotopic (exact) mass is 396 g/mol. The summed E-state index contributed by atoms with van der Waals surface area (Å²) in [5, 5.41) is 7.86. The van der Waals surface area contributed by atoms with Gasteiger partial charge < -0.3 is 10.3 Å². The van der Waals surface area contributed by atoms with Crippen molar-refractivity contribution in [1.82, 2.24) is 10.4 Å². The van der Waals surface area contributed by atoms with Crippen molar-refractivity contribution in [3.8, 4) is 11.3 Å². The lowest BCUT2D eigenvalue weighted by Gasteiger charge is -2.05. The Kier molecular flexibility index (Phi) is 5.39. The molecule has 1 aromatic heterocycles.